The van der Waals surface area contributed by atoms with Crippen LogP contribution in [-0.4, -0.2) is 4.98 Å². The lowest BCUT2D eigenvalue weighted by molar-refractivity contribution is 0.488. The Morgan fingerprint density at radius 2 is 2.05 bits per heavy atom. The maximum Gasteiger partial charge on any atom is 0.261 e. The minimum atomic E-state index is -0.313. The minimum Gasteiger partial charge on any atom is -0.431 e. The zero-order valence-electron chi connectivity index (χ0n) is 10.8. The van der Waals surface area contributed by atoms with E-state index in [0.717, 1.165) is 11.1 Å². The van der Waals surface area contributed by atoms with Gasteiger partial charge in [-0.25, -0.2) is 9.37 Å². The van der Waals surface area contributed by atoms with Gasteiger partial charge in [0.2, 0.25) is 0 Å². The molecule has 0 aliphatic carbocycles. The van der Waals surface area contributed by atoms with Crippen LogP contribution in [0.25, 0.3) is 11.1 Å². The Labute approximate surface area is 120 Å². The van der Waals surface area contributed by atoms with Crippen LogP contribution in [0.5, 0.6) is 0 Å². The normalized spacial score (nSPS) is 12.8. The van der Waals surface area contributed by atoms with Crippen LogP contribution in [0.4, 0.5) is 4.39 Å². The molecule has 0 unspecified atom stereocenters. The predicted molar refractivity (Wildman–Crippen MR) is 77.1 cm³/mol. The highest BCUT2D eigenvalue weighted by molar-refractivity contribution is 7.99. The molecule has 0 bridgehead atoms. The van der Waals surface area contributed by atoms with E-state index in [9.17, 15) is 4.39 Å². The van der Waals surface area contributed by atoms with Gasteiger partial charge in [0.15, 0.2) is 5.58 Å². The number of para-hydroxylation sites is 2. The Morgan fingerprint density at radius 1 is 1.25 bits per heavy atom. The summed E-state index contributed by atoms with van der Waals surface area (Å²) in [7, 11) is 0. The number of rotatable bonds is 3. The molecule has 1 atom stereocenters. The SMILES string of the molecule is C[C@@H](N)c1ccc(Sc2nc3ccccc3o2)c(F)c1. The monoisotopic (exact) mass is 288 g/mol. The molecule has 0 aliphatic rings. The standard InChI is InChI=1S/C15H13FN2OS/c1-9(17)10-6-7-14(11(16)8-10)20-15-18-12-4-2-3-5-13(12)19-15/h2-9H,17H2,1H3/t9-/m1/s1. The average Bonchev–Trinajstić information content (AvgIpc) is 2.83. The van der Waals surface area contributed by atoms with Crippen LogP contribution in [0, 0.1) is 5.82 Å². The first-order chi connectivity index (χ1) is 9.63. The third kappa shape index (κ3) is 2.55. The Morgan fingerprint density at radius 3 is 2.75 bits per heavy atom. The smallest absolute Gasteiger partial charge is 0.261 e. The van der Waals surface area contributed by atoms with Crippen LogP contribution < -0.4 is 5.73 Å². The van der Waals surface area contributed by atoms with Crippen molar-refractivity contribution in [2.24, 2.45) is 5.73 Å². The van der Waals surface area contributed by atoms with Gasteiger partial charge in [0, 0.05) is 6.04 Å². The van der Waals surface area contributed by atoms with Gasteiger partial charge in [-0.05, 0) is 48.5 Å². The molecule has 1 heterocycles. The molecule has 3 aromatic rings. The zero-order chi connectivity index (χ0) is 14.1. The molecule has 20 heavy (non-hydrogen) atoms. The fourth-order valence-electron chi connectivity index (χ4n) is 1.87. The quantitative estimate of drug-likeness (QED) is 0.787. The number of benzene rings is 2. The number of nitrogens with zero attached hydrogens (tertiary/aromatic N) is 1. The van der Waals surface area contributed by atoms with E-state index in [1.165, 1.54) is 17.8 Å². The number of hydrogen-bond acceptors (Lipinski definition) is 4. The van der Waals surface area contributed by atoms with E-state index < -0.39 is 0 Å². The summed E-state index contributed by atoms with van der Waals surface area (Å²) in [6, 6.07) is 12.2. The average molecular weight is 288 g/mol. The van der Waals surface area contributed by atoms with Gasteiger partial charge >= 0.3 is 0 Å². The van der Waals surface area contributed by atoms with Crippen molar-refractivity contribution in [3.8, 4) is 0 Å². The maximum absolute atomic E-state index is 14.0. The molecule has 102 valence electrons. The van der Waals surface area contributed by atoms with Crippen molar-refractivity contribution >= 4 is 22.9 Å². The Balaban J connectivity index is 1.90. The van der Waals surface area contributed by atoms with E-state index in [-0.39, 0.29) is 11.9 Å². The van der Waals surface area contributed by atoms with Gasteiger partial charge in [0.1, 0.15) is 11.3 Å². The molecule has 0 saturated heterocycles. The zero-order valence-corrected chi connectivity index (χ0v) is 11.7. The van der Waals surface area contributed by atoms with Crippen LogP contribution >= 0.6 is 11.8 Å². The number of halogens is 1. The van der Waals surface area contributed by atoms with Gasteiger partial charge < -0.3 is 10.2 Å². The molecule has 0 fully saturated rings. The summed E-state index contributed by atoms with van der Waals surface area (Å²) in [5.74, 6) is -0.313. The lowest BCUT2D eigenvalue weighted by atomic mass is 10.1. The van der Waals surface area contributed by atoms with Gasteiger partial charge in [0.05, 0.1) is 4.90 Å². The molecule has 3 nitrogen and oxygen atoms in total. The van der Waals surface area contributed by atoms with Crippen molar-refractivity contribution in [2.75, 3.05) is 0 Å². The summed E-state index contributed by atoms with van der Waals surface area (Å²) in [4.78, 5) is 4.78. The van der Waals surface area contributed by atoms with E-state index >= 15 is 0 Å². The summed E-state index contributed by atoms with van der Waals surface area (Å²) < 4.78 is 19.6. The van der Waals surface area contributed by atoms with E-state index in [0.29, 0.717) is 15.7 Å². The van der Waals surface area contributed by atoms with Crippen molar-refractivity contribution < 1.29 is 8.81 Å². The molecule has 2 aromatic carbocycles. The van der Waals surface area contributed by atoms with Gasteiger partial charge in [-0.1, -0.05) is 18.2 Å². The highest BCUT2D eigenvalue weighted by Gasteiger charge is 2.12. The van der Waals surface area contributed by atoms with Crippen molar-refractivity contribution in [1.82, 2.24) is 4.98 Å². The fraction of sp³-hybridized carbons (Fsp3) is 0.133. The van der Waals surface area contributed by atoms with Crippen LogP contribution in [0.15, 0.2) is 57.0 Å². The van der Waals surface area contributed by atoms with E-state index in [2.05, 4.69) is 4.98 Å². The van der Waals surface area contributed by atoms with E-state index in [1.807, 2.05) is 37.3 Å². The summed E-state index contributed by atoms with van der Waals surface area (Å²) in [6.07, 6.45) is 0. The largest absolute Gasteiger partial charge is 0.431 e. The number of hydrogen-bond donors (Lipinski definition) is 1. The van der Waals surface area contributed by atoms with Crippen molar-refractivity contribution in [1.29, 1.82) is 0 Å². The number of oxazole rings is 1. The lowest BCUT2D eigenvalue weighted by Crippen LogP contribution is -2.05. The number of nitrogens with two attached hydrogens (primary N) is 1. The molecule has 2 N–H and O–H groups in total. The lowest BCUT2D eigenvalue weighted by Gasteiger charge is -2.07. The van der Waals surface area contributed by atoms with Gasteiger partial charge in [-0.3, -0.25) is 0 Å². The van der Waals surface area contributed by atoms with Crippen molar-refractivity contribution in [3.63, 3.8) is 0 Å². The molecule has 0 aliphatic heterocycles. The maximum atomic E-state index is 14.0. The molecule has 0 spiro atoms. The van der Waals surface area contributed by atoms with Crippen LogP contribution in [-0.2, 0) is 0 Å². The Hall–Kier alpha value is -1.85. The number of fused-ring (bicyclic) bond motifs is 1. The first-order valence-corrected chi connectivity index (χ1v) is 7.03. The third-order valence-electron chi connectivity index (χ3n) is 2.95. The Kier molecular flexibility index (Phi) is 3.46. The molecular weight excluding hydrogens is 275 g/mol. The molecule has 5 heteroatoms. The first-order valence-electron chi connectivity index (χ1n) is 6.22. The Bertz CT molecular complexity index is 721. The van der Waals surface area contributed by atoms with Gasteiger partial charge in [-0.2, -0.15) is 0 Å². The van der Waals surface area contributed by atoms with Crippen molar-refractivity contribution in [2.45, 2.75) is 23.1 Å². The third-order valence-corrected chi connectivity index (χ3v) is 3.85. The van der Waals surface area contributed by atoms with Gasteiger partial charge in [-0.15, -0.1) is 0 Å². The van der Waals surface area contributed by atoms with Gasteiger partial charge in [0.25, 0.3) is 5.22 Å². The van der Waals surface area contributed by atoms with E-state index in [4.69, 9.17) is 10.2 Å². The number of aromatic nitrogens is 1. The highest BCUT2D eigenvalue weighted by atomic mass is 32.2. The van der Waals surface area contributed by atoms with Crippen molar-refractivity contribution in [3.05, 3.63) is 53.8 Å². The van der Waals surface area contributed by atoms with Crippen LogP contribution in [0.3, 0.4) is 0 Å². The minimum absolute atomic E-state index is 0.187. The summed E-state index contributed by atoms with van der Waals surface area (Å²) >= 11 is 1.17. The first kappa shape index (κ1) is 13.1. The fourth-order valence-corrected chi connectivity index (χ4v) is 2.63. The second-order valence-corrected chi connectivity index (χ2v) is 5.52. The topological polar surface area (TPSA) is 52.0 Å². The second kappa shape index (κ2) is 5.26. The van der Waals surface area contributed by atoms with Crippen LogP contribution in [0.1, 0.15) is 18.5 Å². The van der Waals surface area contributed by atoms with Crippen LogP contribution in [0.2, 0.25) is 0 Å². The second-order valence-electron chi connectivity index (χ2n) is 4.53. The molecule has 0 saturated carbocycles. The summed E-state index contributed by atoms with van der Waals surface area (Å²) in [5.41, 5.74) is 7.96. The summed E-state index contributed by atoms with van der Waals surface area (Å²) in [6.45, 7) is 1.82. The molecule has 0 radical (unpaired) electrons. The highest BCUT2D eigenvalue weighted by Crippen LogP contribution is 2.32. The molecule has 3 rings (SSSR count). The summed E-state index contributed by atoms with van der Waals surface area (Å²) in [5, 5.41) is 0.429. The molecule has 0 amide bonds. The predicted octanol–water partition coefficient (Wildman–Crippen LogP) is 4.14. The van der Waals surface area contributed by atoms with E-state index in [1.54, 1.807) is 6.07 Å². The molecule has 1 aromatic heterocycles. The molecular formula is C15H13FN2OS.